The summed E-state index contributed by atoms with van der Waals surface area (Å²) in [5.74, 6) is -0.333. The molecule has 0 spiro atoms. The fourth-order valence-corrected chi connectivity index (χ4v) is 1.92. The Labute approximate surface area is 117 Å². The number of hydrogen-bond donors (Lipinski definition) is 2. The Morgan fingerprint density at radius 3 is 2.10 bits per heavy atom. The molecule has 1 amide bonds. The molecule has 0 aliphatic heterocycles. The van der Waals surface area contributed by atoms with E-state index in [0.29, 0.717) is 17.4 Å². The molecule has 2 atom stereocenters. The van der Waals surface area contributed by atoms with E-state index in [9.17, 15) is 14.7 Å². The van der Waals surface area contributed by atoms with Gasteiger partial charge in [-0.3, -0.25) is 4.79 Å². The smallest absolute Gasteiger partial charge is 0.251 e. The Balaban J connectivity index is 2.21. The van der Waals surface area contributed by atoms with Crippen LogP contribution in [0, 0.1) is 0 Å². The average Bonchev–Trinajstić information content (AvgIpc) is 2.53. The molecule has 2 rings (SSSR count). The van der Waals surface area contributed by atoms with Gasteiger partial charge in [0.1, 0.15) is 6.10 Å². The fourth-order valence-electron chi connectivity index (χ4n) is 1.92. The van der Waals surface area contributed by atoms with Crippen LogP contribution in [0.5, 0.6) is 0 Å². The first kappa shape index (κ1) is 14.0. The average molecular weight is 269 g/mol. The maximum Gasteiger partial charge on any atom is 0.251 e. The maximum absolute atomic E-state index is 12.1. The minimum Gasteiger partial charge on any atom is -0.383 e. The summed E-state index contributed by atoms with van der Waals surface area (Å²) in [6, 6.07) is 16.8. The van der Waals surface area contributed by atoms with Gasteiger partial charge < -0.3 is 15.2 Å². The molecular formula is C16H15NO3. The molecule has 2 aromatic rings. The Morgan fingerprint density at radius 2 is 1.55 bits per heavy atom. The predicted octanol–water partition coefficient (Wildman–Crippen LogP) is 1.72. The maximum atomic E-state index is 12.1. The van der Waals surface area contributed by atoms with Crippen molar-refractivity contribution in [3.05, 3.63) is 71.8 Å². The van der Waals surface area contributed by atoms with E-state index < -0.39 is 12.1 Å². The summed E-state index contributed by atoms with van der Waals surface area (Å²) in [4.78, 5) is 22.9. The van der Waals surface area contributed by atoms with E-state index in [2.05, 4.69) is 5.32 Å². The number of carbonyl (C=O) groups excluding carboxylic acids is 2. The second kappa shape index (κ2) is 6.63. The predicted molar refractivity (Wildman–Crippen MR) is 75.2 cm³/mol. The highest BCUT2D eigenvalue weighted by Crippen LogP contribution is 2.16. The van der Waals surface area contributed by atoms with E-state index in [1.165, 1.54) is 0 Å². The highest BCUT2D eigenvalue weighted by Gasteiger charge is 2.22. The molecule has 0 fully saturated rings. The number of amides is 1. The highest BCUT2D eigenvalue weighted by atomic mass is 16.3. The van der Waals surface area contributed by atoms with Crippen LogP contribution >= 0.6 is 0 Å². The number of hydrogen-bond acceptors (Lipinski definition) is 3. The van der Waals surface area contributed by atoms with Gasteiger partial charge in [-0.2, -0.15) is 0 Å². The Kier molecular flexibility index (Phi) is 4.63. The number of benzene rings is 2. The van der Waals surface area contributed by atoms with Gasteiger partial charge >= 0.3 is 0 Å². The summed E-state index contributed by atoms with van der Waals surface area (Å²) < 4.78 is 0. The van der Waals surface area contributed by atoms with E-state index in [4.69, 9.17) is 0 Å². The van der Waals surface area contributed by atoms with Gasteiger partial charge in [-0.25, -0.2) is 0 Å². The number of aliphatic hydroxyl groups excluding tert-OH is 1. The third-order valence-corrected chi connectivity index (χ3v) is 2.96. The fraction of sp³-hybridized carbons (Fsp3) is 0.125. The molecule has 20 heavy (non-hydrogen) atoms. The molecule has 0 aliphatic rings. The van der Waals surface area contributed by atoms with Crippen molar-refractivity contribution in [1.82, 2.24) is 5.32 Å². The lowest BCUT2D eigenvalue weighted by Gasteiger charge is -2.21. The Morgan fingerprint density at radius 1 is 1.00 bits per heavy atom. The van der Waals surface area contributed by atoms with Gasteiger partial charge in [0.05, 0.1) is 6.04 Å². The van der Waals surface area contributed by atoms with E-state index in [0.717, 1.165) is 0 Å². The van der Waals surface area contributed by atoms with Crippen LogP contribution in [0.1, 0.15) is 22.0 Å². The topological polar surface area (TPSA) is 66.4 Å². The molecule has 0 aromatic heterocycles. The van der Waals surface area contributed by atoms with Gasteiger partial charge in [0.25, 0.3) is 5.91 Å². The van der Waals surface area contributed by atoms with E-state index in [1.807, 2.05) is 12.1 Å². The van der Waals surface area contributed by atoms with E-state index >= 15 is 0 Å². The van der Waals surface area contributed by atoms with Crippen molar-refractivity contribution in [3.8, 4) is 0 Å². The molecule has 102 valence electrons. The Hall–Kier alpha value is -2.46. The third kappa shape index (κ3) is 3.30. The van der Waals surface area contributed by atoms with Crippen LogP contribution < -0.4 is 5.32 Å². The summed E-state index contributed by atoms with van der Waals surface area (Å²) in [5, 5.41) is 12.5. The number of aldehydes is 1. The molecule has 0 unspecified atom stereocenters. The van der Waals surface area contributed by atoms with Gasteiger partial charge in [-0.15, -0.1) is 0 Å². The van der Waals surface area contributed by atoms with Gasteiger partial charge in [-0.05, 0) is 17.7 Å². The van der Waals surface area contributed by atoms with Crippen molar-refractivity contribution in [1.29, 1.82) is 0 Å². The van der Waals surface area contributed by atoms with Crippen LogP contribution in [-0.4, -0.2) is 23.4 Å². The monoisotopic (exact) mass is 269 g/mol. The summed E-state index contributed by atoms with van der Waals surface area (Å²) in [6.45, 7) is 0. The molecule has 0 saturated heterocycles. The molecule has 0 saturated carbocycles. The number of carbonyl (C=O) groups is 2. The molecular weight excluding hydrogens is 254 g/mol. The van der Waals surface area contributed by atoms with Gasteiger partial charge in [0.15, 0.2) is 6.29 Å². The quantitative estimate of drug-likeness (QED) is 0.812. The van der Waals surface area contributed by atoms with Gasteiger partial charge in [0.2, 0.25) is 0 Å². The van der Waals surface area contributed by atoms with Gasteiger partial charge in [0, 0.05) is 5.56 Å². The summed E-state index contributed by atoms with van der Waals surface area (Å²) in [5.41, 5.74) is 1.16. The molecule has 0 aliphatic carbocycles. The second-order valence-corrected chi connectivity index (χ2v) is 4.35. The van der Waals surface area contributed by atoms with Crippen molar-refractivity contribution >= 4 is 12.2 Å². The zero-order valence-electron chi connectivity index (χ0n) is 10.8. The number of rotatable bonds is 5. The minimum atomic E-state index is -1.29. The van der Waals surface area contributed by atoms with Crippen molar-refractivity contribution in [2.75, 3.05) is 0 Å². The number of nitrogens with one attached hydrogen (secondary N) is 1. The van der Waals surface area contributed by atoms with Crippen molar-refractivity contribution in [3.63, 3.8) is 0 Å². The molecule has 4 nitrogen and oxygen atoms in total. The molecule has 0 heterocycles. The van der Waals surface area contributed by atoms with Crippen LogP contribution in [0.2, 0.25) is 0 Å². The standard InChI is InChI=1S/C16H15NO3/c18-11-14(19)15(12-7-3-1-4-8-12)17-16(20)13-9-5-2-6-10-13/h1-11,14-15,19H,(H,17,20)/t14-,15-/m0/s1. The lowest BCUT2D eigenvalue weighted by Crippen LogP contribution is -2.37. The van der Waals surface area contributed by atoms with Crippen LogP contribution in [-0.2, 0) is 4.79 Å². The first-order chi connectivity index (χ1) is 9.72. The third-order valence-electron chi connectivity index (χ3n) is 2.96. The molecule has 0 radical (unpaired) electrons. The van der Waals surface area contributed by atoms with Crippen LogP contribution in [0.15, 0.2) is 60.7 Å². The van der Waals surface area contributed by atoms with E-state index in [1.54, 1.807) is 48.5 Å². The SMILES string of the molecule is O=C[C@H](O)[C@@H](NC(=O)c1ccccc1)c1ccccc1. The molecule has 4 heteroatoms. The lowest BCUT2D eigenvalue weighted by molar-refractivity contribution is -0.116. The lowest BCUT2D eigenvalue weighted by atomic mass is 10.0. The molecule has 2 aromatic carbocycles. The summed E-state index contributed by atoms with van der Waals surface area (Å²) in [7, 11) is 0. The van der Waals surface area contributed by atoms with Crippen LogP contribution in [0.25, 0.3) is 0 Å². The molecule has 2 N–H and O–H groups in total. The first-order valence-electron chi connectivity index (χ1n) is 6.26. The van der Waals surface area contributed by atoms with Crippen molar-refractivity contribution in [2.24, 2.45) is 0 Å². The summed E-state index contributed by atoms with van der Waals surface area (Å²) >= 11 is 0. The highest BCUT2D eigenvalue weighted by molar-refractivity contribution is 5.94. The zero-order valence-corrected chi connectivity index (χ0v) is 10.8. The van der Waals surface area contributed by atoms with Crippen LogP contribution in [0.4, 0.5) is 0 Å². The first-order valence-corrected chi connectivity index (χ1v) is 6.26. The van der Waals surface area contributed by atoms with Crippen molar-refractivity contribution < 1.29 is 14.7 Å². The zero-order chi connectivity index (χ0) is 14.4. The number of aliphatic hydroxyl groups is 1. The summed E-state index contributed by atoms with van der Waals surface area (Å²) in [6.07, 6.45) is -0.867. The van der Waals surface area contributed by atoms with Gasteiger partial charge in [-0.1, -0.05) is 48.5 Å². The largest absolute Gasteiger partial charge is 0.383 e. The van der Waals surface area contributed by atoms with E-state index in [-0.39, 0.29) is 5.91 Å². The normalized spacial score (nSPS) is 13.2. The molecule has 0 bridgehead atoms. The van der Waals surface area contributed by atoms with Crippen LogP contribution in [0.3, 0.4) is 0 Å². The minimum absolute atomic E-state index is 0.333. The Bertz CT molecular complexity index is 569. The second-order valence-electron chi connectivity index (χ2n) is 4.35. The van der Waals surface area contributed by atoms with Crippen molar-refractivity contribution in [2.45, 2.75) is 12.1 Å².